The van der Waals surface area contributed by atoms with Crippen LogP contribution < -0.4 is 10.5 Å². The number of nitrogens with zero attached hydrogens (tertiary/aromatic N) is 1. The van der Waals surface area contributed by atoms with Crippen molar-refractivity contribution >= 4 is 0 Å². The molecule has 0 saturated carbocycles. The largest absolute Gasteiger partial charge is 0.497 e. The average molecular weight is 292 g/mol. The highest BCUT2D eigenvalue weighted by molar-refractivity contribution is 5.29. The van der Waals surface area contributed by atoms with Gasteiger partial charge in [-0.1, -0.05) is 19.1 Å². The summed E-state index contributed by atoms with van der Waals surface area (Å²) in [6.45, 7) is 5.72. The number of methoxy groups -OCH3 is 1. The predicted molar refractivity (Wildman–Crippen MR) is 85.6 cm³/mol. The van der Waals surface area contributed by atoms with Gasteiger partial charge in [-0.2, -0.15) is 0 Å². The van der Waals surface area contributed by atoms with E-state index in [1.165, 1.54) is 12.0 Å². The lowest BCUT2D eigenvalue weighted by Crippen LogP contribution is -2.44. The monoisotopic (exact) mass is 292 g/mol. The summed E-state index contributed by atoms with van der Waals surface area (Å²) in [5, 5.41) is 0. The van der Waals surface area contributed by atoms with Crippen molar-refractivity contribution in [3.63, 3.8) is 0 Å². The molecule has 1 saturated heterocycles. The molecule has 1 fully saturated rings. The first-order valence-corrected chi connectivity index (χ1v) is 7.98. The minimum Gasteiger partial charge on any atom is -0.497 e. The molecule has 1 aliphatic heterocycles. The smallest absolute Gasteiger partial charge is 0.118 e. The number of nitrogens with two attached hydrogens (primary N) is 1. The van der Waals surface area contributed by atoms with Crippen molar-refractivity contribution in [3.8, 4) is 5.75 Å². The van der Waals surface area contributed by atoms with Crippen LogP contribution in [0.15, 0.2) is 24.3 Å². The van der Waals surface area contributed by atoms with Gasteiger partial charge in [0.25, 0.3) is 0 Å². The van der Waals surface area contributed by atoms with Gasteiger partial charge in [0.2, 0.25) is 0 Å². The van der Waals surface area contributed by atoms with Gasteiger partial charge in [-0.25, -0.2) is 0 Å². The summed E-state index contributed by atoms with van der Waals surface area (Å²) in [4.78, 5) is 2.46. The van der Waals surface area contributed by atoms with Crippen LogP contribution in [0, 0.1) is 0 Å². The Morgan fingerprint density at radius 1 is 1.33 bits per heavy atom. The Bertz CT molecular complexity index is 408. The van der Waals surface area contributed by atoms with E-state index in [0.29, 0.717) is 12.6 Å². The van der Waals surface area contributed by atoms with E-state index < -0.39 is 0 Å². The Labute approximate surface area is 128 Å². The lowest BCUT2D eigenvalue weighted by Gasteiger charge is -2.38. The third-order valence-corrected chi connectivity index (χ3v) is 4.13. The second-order valence-corrected chi connectivity index (χ2v) is 5.65. The van der Waals surface area contributed by atoms with Gasteiger partial charge in [-0.3, -0.25) is 4.90 Å². The van der Waals surface area contributed by atoms with Crippen molar-refractivity contribution in [2.45, 2.75) is 38.3 Å². The second-order valence-electron chi connectivity index (χ2n) is 5.65. The minimum atomic E-state index is 0.268. The molecule has 2 unspecified atom stereocenters. The molecule has 0 amide bonds. The maximum absolute atomic E-state index is 6.04. The summed E-state index contributed by atoms with van der Waals surface area (Å²) < 4.78 is 11.2. The van der Waals surface area contributed by atoms with Crippen LogP contribution in [0.2, 0.25) is 0 Å². The highest BCUT2D eigenvalue weighted by Gasteiger charge is 2.26. The minimum absolute atomic E-state index is 0.268. The number of benzene rings is 1. The Hall–Kier alpha value is -1.10. The Kier molecular flexibility index (Phi) is 6.49. The zero-order chi connectivity index (χ0) is 15.1. The summed E-state index contributed by atoms with van der Waals surface area (Å²) in [5.41, 5.74) is 7.30. The van der Waals surface area contributed by atoms with Crippen LogP contribution in [0.4, 0.5) is 0 Å². The molecule has 0 bridgehead atoms. The molecule has 0 radical (unpaired) electrons. The van der Waals surface area contributed by atoms with Gasteiger partial charge in [-0.15, -0.1) is 0 Å². The number of hydrogen-bond acceptors (Lipinski definition) is 4. The fourth-order valence-electron chi connectivity index (χ4n) is 2.99. The fraction of sp³-hybridized carbons (Fsp3) is 0.647. The molecule has 2 N–H and O–H groups in total. The van der Waals surface area contributed by atoms with Crippen LogP contribution in [0.5, 0.6) is 5.75 Å². The van der Waals surface area contributed by atoms with Crippen LogP contribution in [0.25, 0.3) is 0 Å². The van der Waals surface area contributed by atoms with Gasteiger partial charge in [-0.05, 0) is 43.5 Å². The molecule has 0 spiro atoms. The molecule has 0 aliphatic carbocycles. The van der Waals surface area contributed by atoms with E-state index in [-0.39, 0.29) is 6.04 Å². The summed E-state index contributed by atoms with van der Waals surface area (Å²) in [7, 11) is 1.69. The second kappa shape index (κ2) is 8.37. The maximum Gasteiger partial charge on any atom is 0.118 e. The molecule has 1 aromatic carbocycles. The molecule has 1 aliphatic rings. The molecule has 118 valence electrons. The van der Waals surface area contributed by atoms with Crippen molar-refractivity contribution in [1.29, 1.82) is 0 Å². The molecule has 21 heavy (non-hydrogen) atoms. The van der Waals surface area contributed by atoms with Crippen molar-refractivity contribution in [3.05, 3.63) is 29.8 Å². The first kappa shape index (κ1) is 16.3. The molecule has 2 rings (SSSR count). The van der Waals surface area contributed by atoms with Crippen molar-refractivity contribution in [1.82, 2.24) is 4.90 Å². The summed E-state index contributed by atoms with van der Waals surface area (Å²) in [6, 6.07) is 8.52. The number of ether oxygens (including phenoxy) is 2. The number of rotatable bonds is 7. The lowest BCUT2D eigenvalue weighted by atomic mass is 10.0. The first-order valence-electron chi connectivity index (χ1n) is 7.98. The van der Waals surface area contributed by atoms with E-state index in [2.05, 4.69) is 24.0 Å². The van der Waals surface area contributed by atoms with E-state index >= 15 is 0 Å². The Morgan fingerprint density at radius 2 is 2.10 bits per heavy atom. The van der Waals surface area contributed by atoms with Crippen molar-refractivity contribution < 1.29 is 9.47 Å². The molecule has 1 heterocycles. The van der Waals surface area contributed by atoms with Gasteiger partial charge < -0.3 is 15.2 Å². The molecule has 4 heteroatoms. The van der Waals surface area contributed by atoms with Crippen LogP contribution in [-0.2, 0) is 4.74 Å². The lowest BCUT2D eigenvalue weighted by molar-refractivity contribution is -0.0118. The predicted octanol–water partition coefficient (Wildman–Crippen LogP) is 2.59. The van der Waals surface area contributed by atoms with Crippen molar-refractivity contribution in [2.75, 3.05) is 33.4 Å². The first-order chi connectivity index (χ1) is 10.3. The van der Waals surface area contributed by atoms with Gasteiger partial charge in [0.05, 0.1) is 13.2 Å². The third kappa shape index (κ3) is 4.43. The van der Waals surface area contributed by atoms with Gasteiger partial charge in [0, 0.05) is 25.7 Å². The SMILES string of the molecule is CCCOC1CCCN(C(CN)c2ccc(OC)cc2)C1. The molecule has 2 atom stereocenters. The van der Waals surface area contributed by atoms with Gasteiger partial charge >= 0.3 is 0 Å². The van der Waals surface area contributed by atoms with Gasteiger partial charge in [0.15, 0.2) is 0 Å². The zero-order valence-corrected chi connectivity index (χ0v) is 13.3. The molecular formula is C17H28N2O2. The maximum atomic E-state index is 6.04. The molecule has 0 aromatic heterocycles. The van der Waals surface area contributed by atoms with E-state index in [1.807, 2.05) is 12.1 Å². The average Bonchev–Trinajstić information content (AvgIpc) is 2.55. The van der Waals surface area contributed by atoms with E-state index in [9.17, 15) is 0 Å². The fourth-order valence-corrected chi connectivity index (χ4v) is 2.99. The van der Waals surface area contributed by atoms with Crippen LogP contribution in [-0.4, -0.2) is 44.4 Å². The van der Waals surface area contributed by atoms with E-state index in [1.54, 1.807) is 7.11 Å². The quantitative estimate of drug-likeness (QED) is 0.839. The number of piperidine rings is 1. The normalized spacial score (nSPS) is 21.2. The zero-order valence-electron chi connectivity index (χ0n) is 13.3. The third-order valence-electron chi connectivity index (χ3n) is 4.13. The van der Waals surface area contributed by atoms with Crippen molar-refractivity contribution in [2.24, 2.45) is 5.73 Å². The topological polar surface area (TPSA) is 47.7 Å². The number of likely N-dealkylation sites (tertiary alicyclic amines) is 1. The number of hydrogen-bond donors (Lipinski definition) is 1. The highest BCUT2D eigenvalue weighted by Crippen LogP contribution is 2.26. The molecular weight excluding hydrogens is 264 g/mol. The van der Waals surface area contributed by atoms with E-state index in [4.69, 9.17) is 15.2 Å². The van der Waals surface area contributed by atoms with E-state index in [0.717, 1.165) is 38.3 Å². The summed E-state index contributed by atoms with van der Waals surface area (Å²) >= 11 is 0. The molecule has 1 aromatic rings. The van der Waals surface area contributed by atoms with Crippen LogP contribution in [0.3, 0.4) is 0 Å². The van der Waals surface area contributed by atoms with Crippen LogP contribution >= 0.6 is 0 Å². The highest BCUT2D eigenvalue weighted by atomic mass is 16.5. The molecule has 4 nitrogen and oxygen atoms in total. The summed E-state index contributed by atoms with van der Waals surface area (Å²) in [6.07, 6.45) is 3.78. The Balaban J connectivity index is 2.01. The summed E-state index contributed by atoms with van der Waals surface area (Å²) in [5.74, 6) is 0.886. The Morgan fingerprint density at radius 3 is 2.71 bits per heavy atom. The van der Waals surface area contributed by atoms with Crippen LogP contribution in [0.1, 0.15) is 37.8 Å². The van der Waals surface area contributed by atoms with Gasteiger partial charge in [0.1, 0.15) is 5.75 Å². The standard InChI is InChI=1S/C17H28N2O2/c1-3-11-21-16-5-4-10-19(13-16)17(12-18)14-6-8-15(20-2)9-7-14/h6-9,16-17H,3-5,10-13,18H2,1-2H3.